The van der Waals surface area contributed by atoms with Crippen molar-refractivity contribution in [2.24, 2.45) is 5.92 Å². The van der Waals surface area contributed by atoms with E-state index in [2.05, 4.69) is 15.5 Å². The number of carbonyl (C=O) groups excluding carboxylic acids is 3. The maximum absolute atomic E-state index is 12.2. The van der Waals surface area contributed by atoms with Crippen LogP contribution in [0.15, 0.2) is 0 Å². The molecule has 1 atom stereocenters. The zero-order valence-corrected chi connectivity index (χ0v) is 17.0. The van der Waals surface area contributed by atoms with Gasteiger partial charge in [0.25, 0.3) is 5.91 Å². The van der Waals surface area contributed by atoms with Crippen LogP contribution in [0.25, 0.3) is 0 Å². The number of amides is 3. The van der Waals surface area contributed by atoms with Crippen LogP contribution >= 0.6 is 34.8 Å². The summed E-state index contributed by atoms with van der Waals surface area (Å²) in [6.45, 7) is 8.36. The maximum Gasteiger partial charge on any atom is 0.426 e. The molecule has 0 bridgehead atoms. The quantitative estimate of drug-likeness (QED) is 0.468. The van der Waals surface area contributed by atoms with Crippen LogP contribution in [-0.2, 0) is 14.3 Å². The minimum Gasteiger partial charge on any atom is -0.444 e. The van der Waals surface area contributed by atoms with E-state index in [1.807, 2.05) is 19.3 Å². The molecule has 0 aromatic heterocycles. The van der Waals surface area contributed by atoms with E-state index in [0.717, 1.165) is 0 Å². The summed E-state index contributed by atoms with van der Waals surface area (Å²) in [5, 5.41) is 2.46. The van der Waals surface area contributed by atoms with E-state index in [4.69, 9.17) is 39.5 Å². The molecule has 3 N–H and O–H groups in total. The molecule has 0 fully saturated rings. The minimum atomic E-state index is -1.76. The molecular weight excluding hydrogens is 397 g/mol. The van der Waals surface area contributed by atoms with Crippen molar-refractivity contribution in [1.82, 2.24) is 16.2 Å². The van der Waals surface area contributed by atoms with Gasteiger partial charge in [-0.3, -0.25) is 10.2 Å². The molecule has 0 radical (unpaired) electrons. The number of hydrogen-bond acceptors (Lipinski definition) is 5. The van der Waals surface area contributed by atoms with Gasteiger partial charge in [0, 0.05) is 0 Å². The first-order chi connectivity index (χ1) is 11.2. The molecule has 0 rings (SSSR count). The van der Waals surface area contributed by atoms with Gasteiger partial charge < -0.3 is 14.8 Å². The Balaban J connectivity index is 4.59. The topological polar surface area (TPSA) is 106 Å². The highest BCUT2D eigenvalue weighted by Gasteiger charge is 2.26. The molecule has 146 valence electrons. The fraction of sp³-hybridized carbons (Fsp3) is 0.786. The Morgan fingerprint density at radius 3 is 2.00 bits per heavy atom. The Kier molecular flexibility index (Phi) is 9.68. The maximum atomic E-state index is 12.2. The van der Waals surface area contributed by atoms with Crippen molar-refractivity contribution in [2.45, 2.75) is 56.5 Å². The first-order valence-electron chi connectivity index (χ1n) is 7.48. The number of ether oxygens (including phenoxy) is 2. The molecule has 25 heavy (non-hydrogen) atoms. The van der Waals surface area contributed by atoms with Gasteiger partial charge in [-0.05, 0) is 33.1 Å². The van der Waals surface area contributed by atoms with Gasteiger partial charge in [-0.15, -0.1) is 0 Å². The van der Waals surface area contributed by atoms with Crippen molar-refractivity contribution in [3.63, 3.8) is 0 Å². The van der Waals surface area contributed by atoms with Crippen LogP contribution in [0.5, 0.6) is 0 Å². The van der Waals surface area contributed by atoms with Gasteiger partial charge in [-0.25, -0.2) is 15.0 Å². The number of hydrogen-bond donors (Lipinski definition) is 3. The van der Waals surface area contributed by atoms with Gasteiger partial charge in [0.1, 0.15) is 18.2 Å². The zero-order chi connectivity index (χ0) is 19.8. The SMILES string of the molecule is CC(C)C[C@@H](NC(=O)OC(C)(C)C)C(=O)NNC(=O)OCC(Cl)(Cl)Cl. The first-order valence-corrected chi connectivity index (χ1v) is 8.62. The summed E-state index contributed by atoms with van der Waals surface area (Å²) in [5.41, 5.74) is 3.42. The minimum absolute atomic E-state index is 0.0991. The molecule has 0 aromatic rings. The van der Waals surface area contributed by atoms with Crippen LogP contribution < -0.4 is 16.2 Å². The van der Waals surface area contributed by atoms with Crippen molar-refractivity contribution in [3.05, 3.63) is 0 Å². The molecule has 0 aliphatic rings. The van der Waals surface area contributed by atoms with E-state index in [9.17, 15) is 14.4 Å². The summed E-state index contributed by atoms with van der Waals surface area (Å²) in [6, 6.07) is -0.914. The van der Waals surface area contributed by atoms with E-state index < -0.39 is 40.1 Å². The van der Waals surface area contributed by atoms with Crippen molar-refractivity contribution in [3.8, 4) is 0 Å². The Morgan fingerprint density at radius 1 is 1.00 bits per heavy atom. The van der Waals surface area contributed by atoms with Crippen LogP contribution in [0, 0.1) is 5.92 Å². The molecule has 0 spiro atoms. The number of alkyl carbamates (subject to hydrolysis) is 1. The second kappa shape index (κ2) is 10.1. The lowest BCUT2D eigenvalue weighted by Gasteiger charge is -2.24. The van der Waals surface area contributed by atoms with E-state index in [0.29, 0.717) is 6.42 Å². The highest BCUT2D eigenvalue weighted by molar-refractivity contribution is 6.67. The first kappa shape index (κ1) is 23.9. The average Bonchev–Trinajstić information content (AvgIpc) is 2.38. The van der Waals surface area contributed by atoms with E-state index >= 15 is 0 Å². The smallest absolute Gasteiger partial charge is 0.426 e. The standard InChI is InChI=1S/C14H24Cl3N3O5/c1-8(2)6-9(18-11(22)25-13(3,4)5)10(21)19-20-12(23)24-7-14(15,16)17/h8-9H,6-7H2,1-5H3,(H,18,22)(H,19,21)(H,20,23)/t9-/m1/s1. The fourth-order valence-electron chi connectivity index (χ4n) is 1.54. The summed E-state index contributed by atoms with van der Waals surface area (Å²) in [6.07, 6.45) is -1.43. The molecule has 0 saturated heterocycles. The molecule has 0 saturated carbocycles. The lowest BCUT2D eigenvalue weighted by Crippen LogP contribution is -2.53. The number of nitrogens with one attached hydrogen (secondary N) is 3. The van der Waals surface area contributed by atoms with Gasteiger partial charge >= 0.3 is 12.2 Å². The summed E-state index contributed by atoms with van der Waals surface area (Å²) in [5.74, 6) is -0.549. The van der Waals surface area contributed by atoms with Gasteiger partial charge in [0.05, 0.1) is 0 Å². The average molecular weight is 421 g/mol. The van der Waals surface area contributed by atoms with Crippen LogP contribution in [0.2, 0.25) is 0 Å². The zero-order valence-electron chi connectivity index (χ0n) is 14.7. The normalized spacial score (nSPS) is 13.0. The molecular formula is C14H24Cl3N3O5. The van der Waals surface area contributed by atoms with Crippen LogP contribution in [0.1, 0.15) is 41.0 Å². The molecule has 8 nitrogen and oxygen atoms in total. The highest BCUT2D eigenvalue weighted by Crippen LogP contribution is 2.25. The third-order valence-corrected chi connectivity index (χ3v) is 2.70. The lowest BCUT2D eigenvalue weighted by atomic mass is 10.0. The van der Waals surface area contributed by atoms with Crippen molar-refractivity contribution in [2.75, 3.05) is 6.61 Å². The number of carbonyl (C=O) groups is 3. The molecule has 0 unspecified atom stereocenters. The summed E-state index contributed by atoms with van der Waals surface area (Å²) < 4.78 is 7.94. The third-order valence-electron chi connectivity index (χ3n) is 2.37. The fourth-order valence-corrected chi connectivity index (χ4v) is 1.70. The highest BCUT2D eigenvalue weighted by atomic mass is 35.6. The monoisotopic (exact) mass is 419 g/mol. The summed E-state index contributed by atoms with van der Waals surface area (Å²) in [7, 11) is 0. The van der Waals surface area contributed by atoms with Gasteiger partial charge in [-0.1, -0.05) is 48.7 Å². The van der Waals surface area contributed by atoms with Crippen molar-refractivity contribution in [1.29, 1.82) is 0 Å². The number of alkyl halides is 3. The lowest BCUT2D eigenvalue weighted by molar-refractivity contribution is -0.124. The molecule has 11 heteroatoms. The Bertz CT molecular complexity index is 475. The molecule has 3 amide bonds. The third kappa shape index (κ3) is 13.8. The van der Waals surface area contributed by atoms with E-state index in [1.54, 1.807) is 20.8 Å². The van der Waals surface area contributed by atoms with E-state index in [-0.39, 0.29) is 5.92 Å². The molecule has 0 aliphatic heterocycles. The van der Waals surface area contributed by atoms with E-state index in [1.165, 1.54) is 0 Å². The van der Waals surface area contributed by atoms with Gasteiger partial charge in [-0.2, -0.15) is 0 Å². The second-order valence-electron chi connectivity index (χ2n) is 6.63. The Labute approximate surface area is 162 Å². The van der Waals surface area contributed by atoms with Crippen LogP contribution in [-0.4, -0.2) is 40.1 Å². The van der Waals surface area contributed by atoms with Gasteiger partial charge in [0.2, 0.25) is 3.79 Å². The van der Waals surface area contributed by atoms with Crippen LogP contribution in [0.3, 0.4) is 0 Å². The number of halogens is 3. The van der Waals surface area contributed by atoms with Crippen molar-refractivity contribution >= 4 is 52.9 Å². The predicted octanol–water partition coefficient (Wildman–Crippen LogP) is 3.05. The molecule has 0 heterocycles. The predicted molar refractivity (Wildman–Crippen MR) is 95.5 cm³/mol. The summed E-state index contributed by atoms with van der Waals surface area (Å²) >= 11 is 16.3. The molecule has 0 aromatic carbocycles. The van der Waals surface area contributed by atoms with Crippen molar-refractivity contribution < 1.29 is 23.9 Å². The Hall–Kier alpha value is -1.12. The number of hydrazine groups is 1. The molecule has 0 aliphatic carbocycles. The Morgan fingerprint density at radius 2 is 1.56 bits per heavy atom. The largest absolute Gasteiger partial charge is 0.444 e. The number of rotatable bonds is 5. The van der Waals surface area contributed by atoms with Gasteiger partial charge in [0.15, 0.2) is 0 Å². The van der Waals surface area contributed by atoms with Crippen LogP contribution in [0.4, 0.5) is 9.59 Å². The second-order valence-corrected chi connectivity index (χ2v) is 9.15. The summed E-state index contributed by atoms with van der Waals surface area (Å²) in [4.78, 5) is 35.4.